The van der Waals surface area contributed by atoms with E-state index >= 15 is 0 Å². The van der Waals surface area contributed by atoms with E-state index in [2.05, 4.69) is 52.0 Å². The molecule has 0 spiro atoms. The van der Waals surface area contributed by atoms with Crippen molar-refractivity contribution in [3.8, 4) is 0 Å². The maximum atomic E-state index is 2.62. The lowest BCUT2D eigenvalue weighted by Crippen LogP contribution is -2.31. The zero-order chi connectivity index (χ0) is 27.1. The fourth-order valence-electron chi connectivity index (χ4n) is 8.17. The predicted octanol–water partition coefficient (Wildman–Crippen LogP) is 12.9. The zero-order valence-corrected chi connectivity index (χ0v) is 26.4. The van der Waals surface area contributed by atoms with Gasteiger partial charge in [-0.1, -0.05) is 155 Å². The van der Waals surface area contributed by atoms with Crippen molar-refractivity contribution in [3.63, 3.8) is 0 Å². The van der Waals surface area contributed by atoms with Gasteiger partial charge in [-0.05, 0) is 85.2 Å². The Hall–Kier alpha value is -0.780. The van der Waals surface area contributed by atoms with Gasteiger partial charge in [0.25, 0.3) is 0 Å². The Kier molecular flexibility index (Phi) is 14.3. The molecule has 2 unspecified atom stereocenters. The first-order valence-electron chi connectivity index (χ1n) is 17.6. The summed E-state index contributed by atoms with van der Waals surface area (Å²) >= 11 is 0. The molecule has 0 saturated heterocycles. The Bertz CT molecular complexity index is 652. The number of rotatable bonds is 18. The van der Waals surface area contributed by atoms with Gasteiger partial charge in [0.15, 0.2) is 0 Å². The molecule has 2 atom stereocenters. The largest absolute Gasteiger partial charge is 0.0654 e. The molecule has 2 aliphatic rings. The molecule has 0 bridgehead atoms. The topological polar surface area (TPSA) is 0 Å². The van der Waals surface area contributed by atoms with Crippen molar-refractivity contribution in [2.45, 2.75) is 193 Å². The third kappa shape index (κ3) is 9.70. The summed E-state index contributed by atoms with van der Waals surface area (Å²) in [7, 11) is 0. The van der Waals surface area contributed by atoms with Crippen LogP contribution in [0, 0.1) is 11.8 Å². The summed E-state index contributed by atoms with van der Waals surface area (Å²) in [6.07, 6.45) is 34.2. The van der Waals surface area contributed by atoms with Crippen LogP contribution in [0.2, 0.25) is 0 Å². The number of unbranched alkanes of at least 4 members (excludes halogenated alkanes) is 6. The van der Waals surface area contributed by atoms with Crippen LogP contribution >= 0.6 is 0 Å². The van der Waals surface area contributed by atoms with E-state index in [9.17, 15) is 0 Å². The molecular formula is C38H66. The van der Waals surface area contributed by atoms with Crippen molar-refractivity contribution in [2.24, 2.45) is 11.8 Å². The average Bonchev–Trinajstić information content (AvgIpc) is 2.96. The van der Waals surface area contributed by atoms with Crippen molar-refractivity contribution in [2.75, 3.05) is 0 Å². The van der Waals surface area contributed by atoms with Gasteiger partial charge in [0, 0.05) is 0 Å². The molecule has 0 nitrogen and oxygen atoms in total. The summed E-state index contributed by atoms with van der Waals surface area (Å²) in [5.74, 6) is 1.78. The molecule has 1 aromatic carbocycles. The molecule has 1 aromatic rings. The lowest BCUT2D eigenvalue weighted by molar-refractivity contribution is 0.246. The second-order valence-corrected chi connectivity index (χ2v) is 14.2. The number of benzene rings is 1. The van der Waals surface area contributed by atoms with Crippen LogP contribution in [0.15, 0.2) is 24.3 Å². The first-order chi connectivity index (χ1) is 18.5. The van der Waals surface area contributed by atoms with E-state index in [1.807, 2.05) is 0 Å². The quantitative estimate of drug-likeness (QED) is 0.168. The van der Waals surface area contributed by atoms with Crippen LogP contribution in [-0.4, -0.2) is 0 Å². The third-order valence-electron chi connectivity index (χ3n) is 11.1. The molecule has 0 N–H and O–H groups in total. The van der Waals surface area contributed by atoms with Crippen molar-refractivity contribution < 1.29 is 0 Å². The van der Waals surface area contributed by atoms with Crippen molar-refractivity contribution in [1.29, 1.82) is 0 Å². The minimum absolute atomic E-state index is 0.460. The van der Waals surface area contributed by atoms with E-state index in [1.54, 1.807) is 11.1 Å². The predicted molar refractivity (Wildman–Crippen MR) is 170 cm³/mol. The van der Waals surface area contributed by atoms with Gasteiger partial charge in [-0.15, -0.1) is 0 Å². The van der Waals surface area contributed by atoms with Crippen LogP contribution < -0.4 is 0 Å². The summed E-state index contributed by atoms with van der Waals surface area (Å²) in [5, 5.41) is 0. The van der Waals surface area contributed by atoms with E-state index < -0.39 is 0 Å². The molecule has 0 radical (unpaired) electrons. The van der Waals surface area contributed by atoms with Crippen LogP contribution in [0.25, 0.3) is 0 Å². The van der Waals surface area contributed by atoms with Gasteiger partial charge >= 0.3 is 0 Å². The molecule has 0 aromatic heterocycles. The summed E-state index contributed by atoms with van der Waals surface area (Å²) in [4.78, 5) is 0. The summed E-state index contributed by atoms with van der Waals surface area (Å²) in [6.45, 7) is 9.72. The Morgan fingerprint density at radius 2 is 0.868 bits per heavy atom. The van der Waals surface area contributed by atoms with Gasteiger partial charge in [-0.3, -0.25) is 0 Å². The Balaban J connectivity index is 1.65. The molecule has 2 aliphatic carbocycles. The Labute approximate surface area is 239 Å². The summed E-state index contributed by atoms with van der Waals surface area (Å²) in [5.41, 5.74) is 4.30. The zero-order valence-electron chi connectivity index (χ0n) is 26.4. The smallest absolute Gasteiger partial charge is 0.00469 e. The summed E-state index contributed by atoms with van der Waals surface area (Å²) in [6, 6.07) is 10.5. The van der Waals surface area contributed by atoms with Gasteiger partial charge < -0.3 is 0 Å². The highest BCUT2D eigenvalue weighted by Gasteiger charge is 2.36. The Morgan fingerprint density at radius 1 is 0.500 bits per heavy atom. The van der Waals surface area contributed by atoms with Crippen LogP contribution in [-0.2, 0) is 10.8 Å². The van der Waals surface area contributed by atoms with E-state index in [0.29, 0.717) is 10.8 Å². The fourth-order valence-corrected chi connectivity index (χ4v) is 8.17. The minimum Gasteiger partial charge on any atom is -0.0654 e. The van der Waals surface area contributed by atoms with Crippen molar-refractivity contribution in [3.05, 3.63) is 35.4 Å². The van der Waals surface area contributed by atoms with E-state index in [0.717, 1.165) is 11.8 Å². The maximum absolute atomic E-state index is 2.62. The van der Waals surface area contributed by atoms with E-state index in [4.69, 9.17) is 0 Å². The van der Waals surface area contributed by atoms with E-state index in [1.165, 1.54) is 154 Å². The highest BCUT2D eigenvalue weighted by molar-refractivity contribution is 5.34. The molecule has 0 heteroatoms. The highest BCUT2D eigenvalue weighted by atomic mass is 14.4. The molecule has 0 amide bonds. The van der Waals surface area contributed by atoms with Crippen LogP contribution in [0.5, 0.6) is 0 Å². The maximum Gasteiger partial charge on any atom is -0.00469 e. The second-order valence-electron chi connectivity index (χ2n) is 14.2. The highest BCUT2D eigenvalue weighted by Crippen LogP contribution is 2.47. The number of hydrogen-bond acceptors (Lipinski definition) is 0. The normalized spacial score (nSPS) is 20.7. The minimum atomic E-state index is 0.460. The van der Waals surface area contributed by atoms with Crippen molar-refractivity contribution in [1.82, 2.24) is 0 Å². The number of hydrogen-bond donors (Lipinski definition) is 0. The second kappa shape index (κ2) is 17.1. The SMILES string of the molecule is CCCCCCC(C)CCC1(c2ccc(C3(CCC(C)CCCCCC)CCCCC3)cc2)CCCCC1. The third-order valence-corrected chi connectivity index (χ3v) is 11.1. The van der Waals surface area contributed by atoms with Gasteiger partial charge in [-0.25, -0.2) is 0 Å². The van der Waals surface area contributed by atoms with Gasteiger partial charge in [0.1, 0.15) is 0 Å². The molecular weight excluding hydrogens is 456 g/mol. The average molecular weight is 523 g/mol. The first kappa shape index (κ1) is 31.7. The monoisotopic (exact) mass is 523 g/mol. The van der Waals surface area contributed by atoms with Crippen LogP contribution in [0.4, 0.5) is 0 Å². The molecule has 218 valence electrons. The van der Waals surface area contributed by atoms with E-state index in [-0.39, 0.29) is 0 Å². The van der Waals surface area contributed by atoms with Gasteiger partial charge in [0.05, 0.1) is 0 Å². The first-order valence-corrected chi connectivity index (χ1v) is 17.6. The van der Waals surface area contributed by atoms with Gasteiger partial charge in [0.2, 0.25) is 0 Å². The van der Waals surface area contributed by atoms with Crippen LogP contribution in [0.1, 0.15) is 193 Å². The van der Waals surface area contributed by atoms with Crippen molar-refractivity contribution >= 4 is 0 Å². The molecule has 3 rings (SSSR count). The molecule has 0 aliphatic heterocycles. The molecule has 0 heterocycles. The van der Waals surface area contributed by atoms with Gasteiger partial charge in [-0.2, -0.15) is 0 Å². The standard InChI is InChI=1S/C38H66/c1-5-7-9-13-19-33(3)25-31-37(27-15-11-16-28-37)35-21-23-36(24-22-35)38(29-17-12-18-30-38)32-26-34(4)20-14-10-8-6-2/h21-24,33-34H,5-20,25-32H2,1-4H3. The Morgan fingerprint density at radius 3 is 1.21 bits per heavy atom. The lowest BCUT2D eigenvalue weighted by Gasteiger charge is -2.41. The molecule has 2 fully saturated rings. The molecule has 38 heavy (non-hydrogen) atoms. The lowest BCUT2D eigenvalue weighted by atomic mass is 9.64. The van der Waals surface area contributed by atoms with Crippen LogP contribution in [0.3, 0.4) is 0 Å². The summed E-state index contributed by atoms with van der Waals surface area (Å²) < 4.78 is 0. The molecule has 2 saturated carbocycles. The fraction of sp³-hybridized carbons (Fsp3) is 0.842.